The molecule has 0 nitrogen and oxygen atoms in total. The summed E-state index contributed by atoms with van der Waals surface area (Å²) in [4.78, 5) is 0. The molecule has 1 aliphatic carbocycles. The summed E-state index contributed by atoms with van der Waals surface area (Å²) in [6.45, 7) is 0. The molecule has 35 valence electrons. The van der Waals surface area contributed by atoms with Crippen LogP contribution in [0.25, 0.3) is 0 Å². The molecule has 1 aliphatic rings. The summed E-state index contributed by atoms with van der Waals surface area (Å²) < 4.78 is 22.6. The van der Waals surface area contributed by atoms with Crippen molar-refractivity contribution in [2.45, 2.75) is 18.4 Å². The van der Waals surface area contributed by atoms with Gasteiger partial charge in [0.2, 0.25) is 0 Å². The first-order valence-electron chi connectivity index (χ1n) is 1.98. The van der Waals surface area contributed by atoms with Gasteiger partial charge in [0, 0.05) is 5.54 Å². The summed E-state index contributed by atoms with van der Waals surface area (Å²) in [5, 5.41) is 0. The monoisotopic (exact) mass is 107 g/mol. The van der Waals surface area contributed by atoms with Crippen molar-refractivity contribution in [1.82, 2.24) is 0 Å². The van der Waals surface area contributed by atoms with Crippen LogP contribution in [-0.4, -0.2) is 9.46 Å². The van der Waals surface area contributed by atoms with Gasteiger partial charge in [0.05, 0.1) is 0 Å². The summed E-state index contributed by atoms with van der Waals surface area (Å²) in [6, 6.07) is 0. The van der Waals surface area contributed by atoms with Crippen LogP contribution in [0, 0.1) is 0 Å². The van der Waals surface area contributed by atoms with Crippen molar-refractivity contribution in [2.75, 3.05) is 0 Å². The maximum atomic E-state index is 11.3. The first-order valence-corrected chi connectivity index (χ1v) is 3.32. The minimum Gasteiger partial charge on any atom is -0.268 e. The molecule has 0 spiro atoms. The average molecular weight is 107 g/mol. The molecule has 0 bridgehead atoms. The molecular formula is C3H5F2Si. The Labute approximate surface area is 37.1 Å². The van der Waals surface area contributed by atoms with Gasteiger partial charge in [-0.2, -0.15) is 0 Å². The molecule has 0 aliphatic heterocycles. The van der Waals surface area contributed by atoms with Crippen molar-refractivity contribution in [2.24, 2.45) is 0 Å². The van der Waals surface area contributed by atoms with Crippen molar-refractivity contribution >= 4 is 9.46 Å². The predicted octanol–water partition coefficient (Wildman–Crippen LogP) is 1.58. The Kier molecular flexibility index (Phi) is 0.914. The molecule has 0 N–H and O–H groups in total. The Morgan fingerprint density at radius 2 is 1.83 bits per heavy atom. The van der Waals surface area contributed by atoms with Gasteiger partial charge in [-0.05, 0) is 12.8 Å². The van der Waals surface area contributed by atoms with E-state index >= 15 is 0 Å². The van der Waals surface area contributed by atoms with Crippen LogP contribution in [0.1, 0.15) is 12.8 Å². The van der Waals surface area contributed by atoms with Crippen LogP contribution in [0.4, 0.5) is 8.22 Å². The second-order valence-corrected chi connectivity index (χ2v) is 2.96. The number of rotatable bonds is 1. The SMILES string of the molecule is F[Si](F)C1CC1. The molecule has 1 fully saturated rings. The fraction of sp³-hybridized carbons (Fsp3) is 1.00. The van der Waals surface area contributed by atoms with Gasteiger partial charge in [0.15, 0.2) is 0 Å². The molecule has 0 aromatic heterocycles. The molecule has 0 unspecified atom stereocenters. The lowest BCUT2D eigenvalue weighted by molar-refractivity contribution is 0.650. The molecule has 1 radical (unpaired) electrons. The highest BCUT2D eigenvalue weighted by Crippen LogP contribution is 2.39. The number of hydrogen-bond donors (Lipinski definition) is 0. The van der Waals surface area contributed by atoms with Crippen LogP contribution < -0.4 is 0 Å². The zero-order valence-electron chi connectivity index (χ0n) is 3.25. The van der Waals surface area contributed by atoms with Gasteiger partial charge in [-0.15, -0.1) is 0 Å². The van der Waals surface area contributed by atoms with Crippen LogP contribution in [0.2, 0.25) is 5.54 Å². The van der Waals surface area contributed by atoms with E-state index in [9.17, 15) is 8.22 Å². The van der Waals surface area contributed by atoms with Crippen LogP contribution in [-0.2, 0) is 0 Å². The van der Waals surface area contributed by atoms with Crippen LogP contribution >= 0.6 is 0 Å². The highest BCUT2D eigenvalue weighted by molar-refractivity contribution is 6.45. The third-order valence-electron chi connectivity index (χ3n) is 0.886. The Morgan fingerprint density at radius 3 is 1.83 bits per heavy atom. The topological polar surface area (TPSA) is 0 Å². The molecule has 3 heteroatoms. The van der Waals surface area contributed by atoms with Crippen molar-refractivity contribution < 1.29 is 8.22 Å². The van der Waals surface area contributed by atoms with E-state index in [1.54, 1.807) is 0 Å². The van der Waals surface area contributed by atoms with Crippen molar-refractivity contribution in [3.05, 3.63) is 0 Å². The zero-order chi connectivity index (χ0) is 4.57. The lowest BCUT2D eigenvalue weighted by Gasteiger charge is -1.78. The van der Waals surface area contributed by atoms with Gasteiger partial charge in [-0.1, -0.05) is 0 Å². The van der Waals surface area contributed by atoms with E-state index in [-0.39, 0.29) is 5.54 Å². The predicted molar refractivity (Wildman–Crippen MR) is 21.0 cm³/mol. The normalized spacial score (nSPS) is 22.5. The van der Waals surface area contributed by atoms with E-state index in [4.69, 9.17) is 0 Å². The first-order chi connectivity index (χ1) is 2.80. The largest absolute Gasteiger partial charge is 0.480 e. The second kappa shape index (κ2) is 1.29. The molecular weight excluding hydrogens is 102 g/mol. The Morgan fingerprint density at radius 1 is 1.33 bits per heavy atom. The standard InChI is InChI=1S/C3H5F2Si/c4-6(5)3-1-2-3/h3H,1-2H2. The lowest BCUT2D eigenvalue weighted by atomic mass is 11.0. The van der Waals surface area contributed by atoms with E-state index in [0.29, 0.717) is 0 Å². The highest BCUT2D eigenvalue weighted by Gasteiger charge is 2.35. The van der Waals surface area contributed by atoms with E-state index in [1.807, 2.05) is 0 Å². The highest BCUT2D eigenvalue weighted by atomic mass is 28.4. The van der Waals surface area contributed by atoms with Gasteiger partial charge in [-0.3, -0.25) is 8.22 Å². The van der Waals surface area contributed by atoms with Gasteiger partial charge < -0.3 is 0 Å². The minimum absolute atomic E-state index is 0.130. The Bertz CT molecular complexity index is 50.8. The van der Waals surface area contributed by atoms with Crippen LogP contribution in [0.5, 0.6) is 0 Å². The molecule has 6 heavy (non-hydrogen) atoms. The van der Waals surface area contributed by atoms with E-state index in [1.165, 1.54) is 0 Å². The molecule has 1 saturated carbocycles. The van der Waals surface area contributed by atoms with Crippen LogP contribution in [0.3, 0.4) is 0 Å². The zero-order valence-corrected chi connectivity index (χ0v) is 4.25. The maximum Gasteiger partial charge on any atom is 0.480 e. The summed E-state index contributed by atoms with van der Waals surface area (Å²) in [7, 11) is -2.84. The first kappa shape index (κ1) is 4.24. The van der Waals surface area contributed by atoms with Gasteiger partial charge in [0.25, 0.3) is 0 Å². The third-order valence-corrected chi connectivity index (χ3v) is 2.08. The van der Waals surface area contributed by atoms with Crippen molar-refractivity contribution in [3.8, 4) is 0 Å². The number of halogens is 2. The fourth-order valence-electron chi connectivity index (χ4n) is 0.302. The molecule has 0 aromatic carbocycles. The van der Waals surface area contributed by atoms with E-state index < -0.39 is 9.46 Å². The number of hydrogen-bond acceptors (Lipinski definition) is 0. The fourth-order valence-corrected chi connectivity index (χ4v) is 0.905. The lowest BCUT2D eigenvalue weighted by Crippen LogP contribution is -1.91. The summed E-state index contributed by atoms with van der Waals surface area (Å²) in [5.74, 6) is 0. The van der Waals surface area contributed by atoms with E-state index in [2.05, 4.69) is 0 Å². The smallest absolute Gasteiger partial charge is 0.268 e. The maximum absolute atomic E-state index is 11.3. The second-order valence-electron chi connectivity index (χ2n) is 1.56. The third kappa shape index (κ3) is 0.771. The molecule has 0 atom stereocenters. The van der Waals surface area contributed by atoms with Crippen LogP contribution in [0.15, 0.2) is 0 Å². The average Bonchev–Trinajstić information content (AvgIpc) is 2.06. The Balaban J connectivity index is 2.13. The molecule has 0 aromatic rings. The molecule has 0 saturated heterocycles. The molecule has 0 heterocycles. The van der Waals surface area contributed by atoms with E-state index in [0.717, 1.165) is 12.8 Å². The van der Waals surface area contributed by atoms with Crippen molar-refractivity contribution in [3.63, 3.8) is 0 Å². The summed E-state index contributed by atoms with van der Waals surface area (Å²) in [5.41, 5.74) is -0.130. The van der Waals surface area contributed by atoms with Gasteiger partial charge in [-0.25, -0.2) is 0 Å². The summed E-state index contributed by atoms with van der Waals surface area (Å²) in [6.07, 6.45) is 1.59. The Hall–Kier alpha value is 0.0769. The van der Waals surface area contributed by atoms with Crippen molar-refractivity contribution in [1.29, 1.82) is 0 Å². The van der Waals surface area contributed by atoms with Gasteiger partial charge in [0.1, 0.15) is 0 Å². The quantitative estimate of drug-likeness (QED) is 0.352. The molecule has 1 rings (SSSR count). The van der Waals surface area contributed by atoms with Gasteiger partial charge >= 0.3 is 9.46 Å². The minimum atomic E-state index is -2.84. The summed E-state index contributed by atoms with van der Waals surface area (Å²) >= 11 is 0. The molecule has 0 amide bonds.